The Bertz CT molecular complexity index is 140. The number of allylic oxidation sites excluding steroid dienone is 1. The molecular weight excluding hydrogens is 124 g/mol. The van der Waals surface area contributed by atoms with Crippen LogP contribution in [0.2, 0.25) is 0 Å². The van der Waals surface area contributed by atoms with Crippen molar-refractivity contribution in [1.82, 2.24) is 0 Å². The summed E-state index contributed by atoms with van der Waals surface area (Å²) in [5.74, 6) is 2.23. The molecule has 3 unspecified atom stereocenters. The van der Waals surface area contributed by atoms with Crippen molar-refractivity contribution in [2.75, 3.05) is 0 Å². The number of hydrogen-bond donors (Lipinski definition) is 0. The molecule has 0 spiro atoms. The molecule has 0 aromatic carbocycles. The van der Waals surface area contributed by atoms with Gasteiger partial charge in [0.05, 0.1) is 11.9 Å². The summed E-state index contributed by atoms with van der Waals surface area (Å²) in [5, 5.41) is 0. The Labute approximate surface area is 63.1 Å². The summed E-state index contributed by atoms with van der Waals surface area (Å²) in [7, 11) is 0. The molecule has 1 rings (SSSR count). The Morgan fingerprint density at radius 1 is 1.40 bits per heavy atom. The largest absolute Gasteiger partial charge is 0.495 e. The number of ether oxygens (including phenoxy) is 1. The zero-order valence-electron chi connectivity index (χ0n) is 7.05. The van der Waals surface area contributed by atoms with Crippen LogP contribution < -0.4 is 0 Å². The van der Waals surface area contributed by atoms with Gasteiger partial charge in [-0.25, -0.2) is 0 Å². The van der Waals surface area contributed by atoms with Gasteiger partial charge in [-0.05, 0) is 19.3 Å². The lowest BCUT2D eigenvalue weighted by molar-refractivity contribution is 0.0352. The Morgan fingerprint density at radius 2 is 2.00 bits per heavy atom. The van der Waals surface area contributed by atoms with Crippen LogP contribution in [-0.4, -0.2) is 6.10 Å². The van der Waals surface area contributed by atoms with Crippen LogP contribution in [0.5, 0.6) is 0 Å². The molecule has 0 bridgehead atoms. The first-order chi connectivity index (χ1) is 4.61. The average Bonchev–Trinajstić information content (AvgIpc) is 1.82. The Kier molecular flexibility index (Phi) is 2.02. The van der Waals surface area contributed by atoms with Crippen molar-refractivity contribution in [2.45, 2.75) is 33.3 Å². The maximum atomic E-state index is 5.47. The van der Waals surface area contributed by atoms with Gasteiger partial charge in [-0.2, -0.15) is 0 Å². The van der Waals surface area contributed by atoms with Gasteiger partial charge in [0.1, 0.15) is 0 Å². The van der Waals surface area contributed by atoms with E-state index in [1.54, 1.807) is 0 Å². The fourth-order valence-corrected chi connectivity index (χ4v) is 1.46. The molecule has 1 fully saturated rings. The molecule has 0 N–H and O–H groups in total. The minimum atomic E-state index is 0.374. The number of rotatable bonds is 0. The zero-order chi connectivity index (χ0) is 7.72. The molecule has 0 aromatic heterocycles. The first-order valence-electron chi connectivity index (χ1n) is 3.96. The van der Waals surface area contributed by atoms with Crippen LogP contribution in [-0.2, 0) is 4.74 Å². The van der Waals surface area contributed by atoms with E-state index >= 15 is 0 Å². The first kappa shape index (κ1) is 7.64. The highest BCUT2D eigenvalue weighted by molar-refractivity contribution is 4.95. The van der Waals surface area contributed by atoms with E-state index < -0.39 is 0 Å². The fraction of sp³-hybridized carbons (Fsp3) is 0.778. The number of hydrogen-bond acceptors (Lipinski definition) is 1. The second kappa shape index (κ2) is 2.65. The molecule has 0 saturated carbocycles. The topological polar surface area (TPSA) is 9.23 Å². The van der Waals surface area contributed by atoms with Crippen LogP contribution in [0.1, 0.15) is 27.2 Å². The zero-order valence-corrected chi connectivity index (χ0v) is 7.05. The predicted molar refractivity (Wildman–Crippen MR) is 42.6 cm³/mol. The molecule has 1 aliphatic rings. The standard InChI is InChI=1S/C9H16O/c1-6-5-7(2)10-9(4)8(6)3/h6-8H,4-5H2,1-3H3. The quantitative estimate of drug-likeness (QED) is 0.502. The summed E-state index contributed by atoms with van der Waals surface area (Å²) in [6, 6.07) is 0. The van der Waals surface area contributed by atoms with Gasteiger partial charge in [0.15, 0.2) is 0 Å². The molecule has 1 nitrogen and oxygen atoms in total. The monoisotopic (exact) mass is 140 g/mol. The van der Waals surface area contributed by atoms with Gasteiger partial charge in [-0.15, -0.1) is 0 Å². The smallest absolute Gasteiger partial charge is 0.0957 e. The molecule has 0 aromatic rings. The summed E-state index contributed by atoms with van der Waals surface area (Å²) in [4.78, 5) is 0. The Balaban J connectivity index is 2.57. The van der Waals surface area contributed by atoms with Crippen molar-refractivity contribution in [3.63, 3.8) is 0 Å². The Hall–Kier alpha value is -0.460. The molecule has 1 heteroatoms. The van der Waals surface area contributed by atoms with E-state index in [0.717, 1.165) is 11.7 Å². The molecule has 0 amide bonds. The molecule has 3 atom stereocenters. The van der Waals surface area contributed by atoms with Gasteiger partial charge in [0.25, 0.3) is 0 Å². The summed E-state index contributed by atoms with van der Waals surface area (Å²) >= 11 is 0. The lowest BCUT2D eigenvalue weighted by atomic mass is 9.87. The molecule has 10 heavy (non-hydrogen) atoms. The van der Waals surface area contributed by atoms with Gasteiger partial charge in [0, 0.05) is 5.92 Å². The van der Waals surface area contributed by atoms with E-state index in [-0.39, 0.29) is 0 Å². The molecular formula is C9H16O. The summed E-state index contributed by atoms with van der Waals surface area (Å²) in [5.41, 5.74) is 0. The van der Waals surface area contributed by atoms with E-state index in [9.17, 15) is 0 Å². The molecule has 1 heterocycles. The second-order valence-electron chi connectivity index (χ2n) is 3.40. The van der Waals surface area contributed by atoms with Gasteiger partial charge in [-0.3, -0.25) is 0 Å². The molecule has 1 aliphatic heterocycles. The van der Waals surface area contributed by atoms with Gasteiger partial charge < -0.3 is 4.74 Å². The van der Waals surface area contributed by atoms with Gasteiger partial charge >= 0.3 is 0 Å². The van der Waals surface area contributed by atoms with Gasteiger partial charge in [0.2, 0.25) is 0 Å². The summed E-state index contributed by atoms with van der Waals surface area (Å²) in [6.07, 6.45) is 1.54. The highest BCUT2D eigenvalue weighted by atomic mass is 16.5. The fourth-order valence-electron chi connectivity index (χ4n) is 1.46. The normalized spacial score (nSPS) is 41.1. The minimum absolute atomic E-state index is 0.374. The summed E-state index contributed by atoms with van der Waals surface area (Å²) in [6.45, 7) is 10.4. The molecule has 58 valence electrons. The van der Waals surface area contributed by atoms with Crippen molar-refractivity contribution >= 4 is 0 Å². The second-order valence-corrected chi connectivity index (χ2v) is 3.40. The third kappa shape index (κ3) is 1.34. The highest BCUT2D eigenvalue weighted by Gasteiger charge is 2.25. The molecule has 0 radical (unpaired) electrons. The van der Waals surface area contributed by atoms with Crippen LogP contribution in [0.15, 0.2) is 12.3 Å². The van der Waals surface area contributed by atoms with E-state index in [1.165, 1.54) is 6.42 Å². The average molecular weight is 140 g/mol. The van der Waals surface area contributed by atoms with Crippen molar-refractivity contribution < 1.29 is 4.74 Å². The van der Waals surface area contributed by atoms with E-state index in [4.69, 9.17) is 4.74 Å². The third-order valence-electron chi connectivity index (χ3n) is 2.42. The van der Waals surface area contributed by atoms with Crippen molar-refractivity contribution in [3.8, 4) is 0 Å². The first-order valence-corrected chi connectivity index (χ1v) is 3.96. The predicted octanol–water partition coefficient (Wildman–Crippen LogP) is 2.58. The lowest BCUT2D eigenvalue weighted by Gasteiger charge is -2.32. The van der Waals surface area contributed by atoms with Crippen molar-refractivity contribution in [1.29, 1.82) is 0 Å². The lowest BCUT2D eigenvalue weighted by Crippen LogP contribution is -2.26. The van der Waals surface area contributed by atoms with Crippen LogP contribution in [0.4, 0.5) is 0 Å². The van der Waals surface area contributed by atoms with Gasteiger partial charge in [-0.1, -0.05) is 20.4 Å². The third-order valence-corrected chi connectivity index (χ3v) is 2.42. The summed E-state index contributed by atoms with van der Waals surface area (Å²) < 4.78 is 5.47. The maximum absolute atomic E-state index is 5.47. The molecule has 1 saturated heterocycles. The SMILES string of the molecule is C=C1OC(C)CC(C)C1C. The van der Waals surface area contributed by atoms with E-state index in [1.807, 2.05) is 0 Å². The highest BCUT2D eigenvalue weighted by Crippen LogP contribution is 2.31. The van der Waals surface area contributed by atoms with E-state index in [2.05, 4.69) is 27.4 Å². The van der Waals surface area contributed by atoms with Crippen LogP contribution >= 0.6 is 0 Å². The Morgan fingerprint density at radius 3 is 2.50 bits per heavy atom. The van der Waals surface area contributed by atoms with Crippen molar-refractivity contribution in [3.05, 3.63) is 12.3 Å². The van der Waals surface area contributed by atoms with Crippen LogP contribution in [0, 0.1) is 11.8 Å². The molecule has 0 aliphatic carbocycles. The maximum Gasteiger partial charge on any atom is 0.0957 e. The minimum Gasteiger partial charge on any atom is -0.495 e. The van der Waals surface area contributed by atoms with Crippen molar-refractivity contribution in [2.24, 2.45) is 11.8 Å². The van der Waals surface area contributed by atoms with Crippen LogP contribution in [0.3, 0.4) is 0 Å². The van der Waals surface area contributed by atoms with Crippen LogP contribution in [0.25, 0.3) is 0 Å². The van der Waals surface area contributed by atoms with E-state index in [0.29, 0.717) is 12.0 Å².